The highest BCUT2D eigenvalue weighted by atomic mass is 32.2. The van der Waals surface area contributed by atoms with E-state index in [4.69, 9.17) is 0 Å². The fraction of sp³-hybridized carbons (Fsp3) is 0.304. The van der Waals surface area contributed by atoms with Crippen LogP contribution in [0.3, 0.4) is 0 Å². The van der Waals surface area contributed by atoms with E-state index in [-0.39, 0.29) is 23.9 Å². The molecule has 0 N–H and O–H groups in total. The van der Waals surface area contributed by atoms with Crippen LogP contribution >= 0.6 is 0 Å². The Morgan fingerprint density at radius 2 is 1.73 bits per heavy atom. The summed E-state index contributed by atoms with van der Waals surface area (Å²) in [6, 6.07) is 14.8. The Bertz CT molecular complexity index is 1180. The number of carbonyl (C=O) groups is 1. The number of fused-ring (bicyclic) bond motifs is 1. The molecule has 156 valence electrons. The van der Waals surface area contributed by atoms with E-state index in [1.807, 2.05) is 43.3 Å². The number of pyridine rings is 1. The van der Waals surface area contributed by atoms with Crippen LogP contribution < -0.4 is 0 Å². The van der Waals surface area contributed by atoms with Gasteiger partial charge in [-0.3, -0.25) is 9.78 Å². The van der Waals surface area contributed by atoms with E-state index in [0.717, 1.165) is 17.4 Å². The van der Waals surface area contributed by atoms with Gasteiger partial charge >= 0.3 is 0 Å². The minimum atomic E-state index is -3.69. The summed E-state index contributed by atoms with van der Waals surface area (Å²) in [6.45, 7) is 5.27. The van der Waals surface area contributed by atoms with E-state index in [2.05, 4.69) is 11.9 Å². The number of nitrogens with zero attached hydrogens (tertiary/aromatic N) is 3. The highest BCUT2D eigenvalue weighted by molar-refractivity contribution is 7.89. The first kappa shape index (κ1) is 20.5. The quantitative estimate of drug-likeness (QED) is 0.646. The van der Waals surface area contributed by atoms with Gasteiger partial charge in [-0.05, 0) is 48.7 Å². The zero-order chi connectivity index (χ0) is 21.3. The van der Waals surface area contributed by atoms with E-state index in [0.29, 0.717) is 24.2 Å². The van der Waals surface area contributed by atoms with Gasteiger partial charge < -0.3 is 4.90 Å². The van der Waals surface area contributed by atoms with Crippen LogP contribution in [0.1, 0.15) is 28.4 Å². The minimum absolute atomic E-state index is 0.0583. The van der Waals surface area contributed by atoms with E-state index in [9.17, 15) is 13.2 Å². The maximum Gasteiger partial charge on any atom is 0.253 e. The molecular weight excluding hydrogens is 398 g/mol. The molecule has 0 unspecified atom stereocenters. The van der Waals surface area contributed by atoms with Crippen molar-refractivity contribution in [2.24, 2.45) is 0 Å². The molecule has 2 heterocycles. The summed E-state index contributed by atoms with van der Waals surface area (Å²) in [5.74, 6) is -0.0583. The summed E-state index contributed by atoms with van der Waals surface area (Å²) in [4.78, 5) is 19.1. The number of piperazine rings is 1. The zero-order valence-corrected chi connectivity index (χ0v) is 18.0. The van der Waals surface area contributed by atoms with Crippen molar-refractivity contribution >= 4 is 26.8 Å². The van der Waals surface area contributed by atoms with Gasteiger partial charge in [-0.15, -0.1) is 0 Å². The third kappa shape index (κ3) is 3.82. The predicted octanol–water partition coefficient (Wildman–Crippen LogP) is 3.25. The molecule has 6 nitrogen and oxygen atoms in total. The highest BCUT2D eigenvalue weighted by Crippen LogP contribution is 2.25. The average molecular weight is 424 g/mol. The molecule has 0 aliphatic carbocycles. The second-order valence-corrected chi connectivity index (χ2v) is 9.49. The van der Waals surface area contributed by atoms with Gasteiger partial charge in [0.2, 0.25) is 10.0 Å². The number of aromatic nitrogens is 1. The number of hydrogen-bond donors (Lipinski definition) is 0. The Morgan fingerprint density at radius 3 is 2.40 bits per heavy atom. The molecule has 1 saturated heterocycles. The molecule has 0 bridgehead atoms. The second-order valence-electron chi connectivity index (χ2n) is 7.59. The average Bonchev–Trinajstić information content (AvgIpc) is 2.78. The lowest BCUT2D eigenvalue weighted by molar-refractivity contribution is 0.0698. The number of benzene rings is 2. The summed E-state index contributed by atoms with van der Waals surface area (Å²) in [5, 5.41) is 0.806. The number of hydrogen-bond acceptors (Lipinski definition) is 4. The fourth-order valence-corrected chi connectivity index (χ4v) is 5.37. The van der Waals surface area contributed by atoms with Gasteiger partial charge in [-0.25, -0.2) is 8.42 Å². The van der Waals surface area contributed by atoms with Crippen LogP contribution in [0.4, 0.5) is 0 Å². The normalized spacial score (nSPS) is 15.5. The van der Waals surface area contributed by atoms with Crippen LogP contribution in [0.5, 0.6) is 0 Å². The summed E-state index contributed by atoms with van der Waals surface area (Å²) < 4.78 is 28.0. The first-order valence-electron chi connectivity index (χ1n) is 10.1. The predicted molar refractivity (Wildman–Crippen MR) is 117 cm³/mol. The van der Waals surface area contributed by atoms with Gasteiger partial charge in [0, 0.05) is 43.3 Å². The second kappa shape index (κ2) is 8.16. The Hall–Kier alpha value is -2.77. The molecular formula is C23H25N3O3S. The Morgan fingerprint density at radius 1 is 1.03 bits per heavy atom. The van der Waals surface area contributed by atoms with Crippen molar-refractivity contribution in [1.29, 1.82) is 0 Å². The molecule has 1 aliphatic rings. The number of rotatable bonds is 4. The lowest BCUT2D eigenvalue weighted by atomic mass is 10.1. The Labute approximate surface area is 177 Å². The molecule has 0 saturated carbocycles. The molecule has 30 heavy (non-hydrogen) atoms. The number of carbonyl (C=O) groups excluding carboxylic acids is 1. The molecule has 4 rings (SSSR count). The smallest absolute Gasteiger partial charge is 0.253 e. The van der Waals surface area contributed by atoms with Crippen LogP contribution in [-0.4, -0.2) is 54.7 Å². The van der Waals surface area contributed by atoms with Crippen molar-refractivity contribution in [3.05, 3.63) is 71.4 Å². The largest absolute Gasteiger partial charge is 0.336 e. The van der Waals surface area contributed by atoms with E-state index in [1.54, 1.807) is 23.2 Å². The Kier molecular flexibility index (Phi) is 5.58. The molecule has 2 aromatic carbocycles. The standard InChI is InChI=1S/C23H25N3O3S/c1-3-18-7-9-19(10-8-18)23(27)25-11-13-26(14-12-25)30(28,29)21-6-4-5-20-15-17(2)16-24-22(20)21/h4-10,15-16H,3,11-14H2,1-2H3. The molecule has 1 amide bonds. The molecule has 7 heteroatoms. The number of amides is 1. The maximum atomic E-state index is 13.3. The SMILES string of the molecule is CCc1ccc(C(=O)N2CCN(S(=O)(=O)c3cccc4cc(C)cnc34)CC2)cc1. The van der Waals surface area contributed by atoms with E-state index < -0.39 is 10.0 Å². The van der Waals surface area contributed by atoms with E-state index in [1.165, 1.54) is 9.87 Å². The minimum Gasteiger partial charge on any atom is -0.336 e. The van der Waals surface area contributed by atoms with Crippen LogP contribution in [0.15, 0.2) is 59.6 Å². The molecule has 1 aromatic heterocycles. The number of para-hydroxylation sites is 1. The summed E-state index contributed by atoms with van der Waals surface area (Å²) in [7, 11) is -3.69. The summed E-state index contributed by atoms with van der Waals surface area (Å²) in [5.41, 5.74) is 3.28. The van der Waals surface area contributed by atoms with Crippen molar-refractivity contribution in [3.63, 3.8) is 0 Å². The number of sulfonamides is 1. The summed E-state index contributed by atoms with van der Waals surface area (Å²) >= 11 is 0. The van der Waals surface area contributed by atoms with Crippen molar-refractivity contribution in [2.45, 2.75) is 25.2 Å². The molecule has 0 atom stereocenters. The highest BCUT2D eigenvalue weighted by Gasteiger charge is 2.31. The monoisotopic (exact) mass is 423 g/mol. The third-order valence-electron chi connectivity index (χ3n) is 5.56. The molecule has 3 aromatic rings. The number of aryl methyl sites for hydroxylation is 2. The molecule has 1 fully saturated rings. The maximum absolute atomic E-state index is 13.3. The Balaban J connectivity index is 1.51. The van der Waals surface area contributed by atoms with E-state index >= 15 is 0 Å². The first-order valence-corrected chi connectivity index (χ1v) is 11.6. The molecule has 1 aliphatic heterocycles. The topological polar surface area (TPSA) is 70.6 Å². The summed E-state index contributed by atoms with van der Waals surface area (Å²) in [6.07, 6.45) is 2.61. The zero-order valence-electron chi connectivity index (χ0n) is 17.2. The van der Waals surface area contributed by atoms with Crippen LogP contribution in [0.25, 0.3) is 10.9 Å². The lowest BCUT2D eigenvalue weighted by Gasteiger charge is -2.34. The molecule has 0 spiro atoms. The molecule has 0 radical (unpaired) electrons. The van der Waals surface area contributed by atoms with Gasteiger partial charge in [0.15, 0.2) is 0 Å². The van der Waals surface area contributed by atoms with Crippen LogP contribution in [0.2, 0.25) is 0 Å². The van der Waals surface area contributed by atoms with Crippen molar-refractivity contribution in [3.8, 4) is 0 Å². The first-order chi connectivity index (χ1) is 14.4. The van der Waals surface area contributed by atoms with Gasteiger partial charge in [-0.1, -0.05) is 31.2 Å². The lowest BCUT2D eigenvalue weighted by Crippen LogP contribution is -2.50. The third-order valence-corrected chi connectivity index (χ3v) is 7.49. The van der Waals surface area contributed by atoms with Gasteiger partial charge in [0.1, 0.15) is 4.90 Å². The van der Waals surface area contributed by atoms with Crippen LogP contribution in [-0.2, 0) is 16.4 Å². The van der Waals surface area contributed by atoms with Gasteiger partial charge in [0.05, 0.1) is 5.52 Å². The van der Waals surface area contributed by atoms with Gasteiger partial charge in [0.25, 0.3) is 5.91 Å². The van der Waals surface area contributed by atoms with Crippen molar-refractivity contribution in [1.82, 2.24) is 14.2 Å². The van der Waals surface area contributed by atoms with Gasteiger partial charge in [-0.2, -0.15) is 4.31 Å². The van der Waals surface area contributed by atoms with Crippen molar-refractivity contribution in [2.75, 3.05) is 26.2 Å². The van der Waals surface area contributed by atoms with Crippen LogP contribution in [0, 0.1) is 6.92 Å². The fourth-order valence-electron chi connectivity index (χ4n) is 3.79. The van der Waals surface area contributed by atoms with Crippen molar-refractivity contribution < 1.29 is 13.2 Å².